The largest absolute Gasteiger partial charge is 0.465 e. The summed E-state index contributed by atoms with van der Waals surface area (Å²) in [6.45, 7) is 6.45. The molecule has 4 rings (SSSR count). The minimum atomic E-state index is -0.196. The number of thioether (sulfide) groups is 1. The van der Waals surface area contributed by atoms with E-state index in [0.717, 1.165) is 17.1 Å². The first-order valence-corrected chi connectivity index (χ1v) is 12.4. The first kappa shape index (κ1) is 24.3. The van der Waals surface area contributed by atoms with Crippen molar-refractivity contribution in [2.45, 2.75) is 38.4 Å². The highest BCUT2D eigenvalue weighted by atomic mass is 32.2. The van der Waals surface area contributed by atoms with Gasteiger partial charge >= 0.3 is 0 Å². The Labute approximate surface area is 209 Å². The van der Waals surface area contributed by atoms with Crippen LogP contribution in [-0.4, -0.2) is 27.1 Å². The Hall–Kier alpha value is -3.78. The Morgan fingerprint density at radius 2 is 1.89 bits per heavy atom. The Morgan fingerprint density at radius 3 is 2.60 bits per heavy atom. The van der Waals surface area contributed by atoms with Crippen LogP contribution in [0.25, 0.3) is 5.69 Å². The van der Waals surface area contributed by atoms with Gasteiger partial charge in [-0.2, -0.15) is 0 Å². The molecule has 0 atom stereocenters. The van der Waals surface area contributed by atoms with E-state index in [-0.39, 0.29) is 17.6 Å². The van der Waals surface area contributed by atoms with Crippen molar-refractivity contribution in [1.82, 2.24) is 14.9 Å². The second-order valence-corrected chi connectivity index (χ2v) is 9.38. The standard InChI is InChI=1S/C27H28N4O3S/c1-18(2)20-8-10-22(11-9-20)30-25(32)17-35-27-28-13-14-31(27)23-6-4-5-21(15-23)26(33)29-16-24-12-7-19(3)34-24/h4-15,18H,16-17H2,1-3H3,(H,29,33)(H,30,32). The van der Waals surface area contributed by atoms with Gasteiger partial charge in [-0.3, -0.25) is 14.2 Å². The summed E-state index contributed by atoms with van der Waals surface area (Å²) < 4.78 is 7.37. The van der Waals surface area contributed by atoms with Crippen LogP contribution in [0.4, 0.5) is 5.69 Å². The van der Waals surface area contributed by atoms with E-state index in [0.29, 0.717) is 28.9 Å². The molecule has 0 saturated carbocycles. The maximum atomic E-state index is 12.6. The van der Waals surface area contributed by atoms with Crippen LogP contribution in [0.1, 0.15) is 47.2 Å². The van der Waals surface area contributed by atoms with Gasteiger partial charge in [0.2, 0.25) is 5.91 Å². The molecular formula is C27H28N4O3S. The molecule has 180 valence electrons. The molecule has 4 aromatic rings. The van der Waals surface area contributed by atoms with Crippen LogP contribution in [0.3, 0.4) is 0 Å². The van der Waals surface area contributed by atoms with Gasteiger partial charge < -0.3 is 15.1 Å². The van der Waals surface area contributed by atoms with Gasteiger partial charge in [-0.1, -0.05) is 43.8 Å². The predicted octanol–water partition coefficient (Wildman–Crippen LogP) is 5.56. The fourth-order valence-corrected chi connectivity index (χ4v) is 4.29. The number of hydrogen-bond acceptors (Lipinski definition) is 5. The molecule has 35 heavy (non-hydrogen) atoms. The molecule has 2 amide bonds. The van der Waals surface area contributed by atoms with E-state index in [9.17, 15) is 9.59 Å². The minimum Gasteiger partial charge on any atom is -0.465 e. The maximum absolute atomic E-state index is 12.6. The Bertz CT molecular complexity index is 1310. The van der Waals surface area contributed by atoms with Gasteiger partial charge in [0.25, 0.3) is 5.91 Å². The second kappa shape index (κ2) is 11.1. The lowest BCUT2D eigenvalue weighted by atomic mass is 10.0. The molecule has 0 saturated heterocycles. The molecule has 2 heterocycles. The minimum absolute atomic E-state index is 0.108. The molecule has 8 heteroatoms. The fourth-order valence-electron chi connectivity index (χ4n) is 3.52. The summed E-state index contributed by atoms with van der Waals surface area (Å²) in [6, 6.07) is 18.9. The average Bonchev–Trinajstić information content (AvgIpc) is 3.50. The van der Waals surface area contributed by atoms with E-state index < -0.39 is 0 Å². The number of aryl methyl sites for hydroxylation is 1. The third-order valence-corrected chi connectivity index (χ3v) is 6.37. The molecule has 0 aliphatic heterocycles. The van der Waals surface area contributed by atoms with Crippen LogP contribution < -0.4 is 10.6 Å². The normalized spacial score (nSPS) is 11.0. The number of aromatic nitrogens is 2. The third kappa shape index (κ3) is 6.42. The van der Waals surface area contributed by atoms with Gasteiger partial charge in [-0.05, 0) is 60.9 Å². The topological polar surface area (TPSA) is 89.2 Å². The van der Waals surface area contributed by atoms with Crippen LogP contribution in [0, 0.1) is 6.92 Å². The number of nitrogens with one attached hydrogen (secondary N) is 2. The third-order valence-electron chi connectivity index (χ3n) is 5.41. The van der Waals surface area contributed by atoms with E-state index in [1.807, 2.05) is 66.2 Å². The van der Waals surface area contributed by atoms with E-state index >= 15 is 0 Å². The molecular weight excluding hydrogens is 460 g/mol. The lowest BCUT2D eigenvalue weighted by molar-refractivity contribution is -0.113. The van der Waals surface area contributed by atoms with Crippen molar-refractivity contribution in [3.05, 3.63) is 95.7 Å². The number of imidazole rings is 1. The van der Waals surface area contributed by atoms with E-state index in [2.05, 4.69) is 29.5 Å². The lowest BCUT2D eigenvalue weighted by Gasteiger charge is -2.10. The highest BCUT2D eigenvalue weighted by Crippen LogP contribution is 2.22. The summed E-state index contributed by atoms with van der Waals surface area (Å²) in [4.78, 5) is 29.5. The van der Waals surface area contributed by atoms with Crippen LogP contribution in [0.5, 0.6) is 0 Å². The predicted molar refractivity (Wildman–Crippen MR) is 138 cm³/mol. The molecule has 0 fully saturated rings. The number of hydrogen-bond donors (Lipinski definition) is 2. The molecule has 0 aliphatic rings. The first-order chi connectivity index (χ1) is 16.9. The molecule has 7 nitrogen and oxygen atoms in total. The average molecular weight is 489 g/mol. The van der Waals surface area contributed by atoms with E-state index in [4.69, 9.17) is 4.42 Å². The van der Waals surface area contributed by atoms with Crippen LogP contribution in [0.2, 0.25) is 0 Å². The monoisotopic (exact) mass is 488 g/mol. The highest BCUT2D eigenvalue weighted by Gasteiger charge is 2.12. The van der Waals surface area contributed by atoms with Gasteiger partial charge in [0.1, 0.15) is 11.5 Å². The lowest BCUT2D eigenvalue weighted by Crippen LogP contribution is -2.22. The van der Waals surface area contributed by atoms with Gasteiger partial charge in [0.05, 0.1) is 12.3 Å². The zero-order valence-electron chi connectivity index (χ0n) is 19.9. The van der Waals surface area contributed by atoms with Crippen LogP contribution in [-0.2, 0) is 11.3 Å². The summed E-state index contributed by atoms with van der Waals surface area (Å²) >= 11 is 1.33. The number of anilines is 1. The quantitative estimate of drug-likeness (QED) is 0.301. The molecule has 2 aromatic heterocycles. The SMILES string of the molecule is Cc1ccc(CNC(=O)c2cccc(-n3ccnc3SCC(=O)Nc3ccc(C(C)C)cc3)c2)o1. The van der Waals surface area contributed by atoms with Crippen molar-refractivity contribution >= 4 is 29.3 Å². The number of nitrogens with zero attached hydrogens (tertiary/aromatic N) is 2. The van der Waals surface area contributed by atoms with Crippen LogP contribution >= 0.6 is 11.8 Å². The number of furan rings is 1. The molecule has 0 radical (unpaired) electrons. The molecule has 0 spiro atoms. The first-order valence-electron chi connectivity index (χ1n) is 11.4. The zero-order chi connectivity index (χ0) is 24.8. The summed E-state index contributed by atoms with van der Waals surface area (Å²) in [5.41, 5.74) is 3.31. The number of amides is 2. The summed E-state index contributed by atoms with van der Waals surface area (Å²) in [7, 11) is 0. The summed E-state index contributed by atoms with van der Waals surface area (Å²) in [5, 5.41) is 6.46. The molecule has 0 bridgehead atoms. The number of carbonyl (C=O) groups excluding carboxylic acids is 2. The van der Waals surface area contributed by atoms with Crippen molar-refractivity contribution in [2.24, 2.45) is 0 Å². The van der Waals surface area contributed by atoms with Crippen molar-refractivity contribution in [3.63, 3.8) is 0 Å². The Kier molecular flexibility index (Phi) is 7.72. The zero-order valence-corrected chi connectivity index (χ0v) is 20.8. The molecule has 2 aromatic carbocycles. The number of benzene rings is 2. The fraction of sp³-hybridized carbons (Fsp3) is 0.222. The van der Waals surface area contributed by atoms with Gasteiger partial charge in [-0.15, -0.1) is 0 Å². The van der Waals surface area contributed by atoms with Gasteiger partial charge in [0, 0.05) is 29.3 Å². The van der Waals surface area contributed by atoms with Crippen molar-refractivity contribution < 1.29 is 14.0 Å². The van der Waals surface area contributed by atoms with E-state index in [1.54, 1.807) is 18.3 Å². The Morgan fingerprint density at radius 1 is 1.09 bits per heavy atom. The number of carbonyl (C=O) groups is 2. The van der Waals surface area contributed by atoms with E-state index in [1.165, 1.54) is 17.3 Å². The van der Waals surface area contributed by atoms with Crippen molar-refractivity contribution in [1.29, 1.82) is 0 Å². The maximum Gasteiger partial charge on any atom is 0.251 e. The van der Waals surface area contributed by atoms with Crippen molar-refractivity contribution in [3.8, 4) is 5.69 Å². The highest BCUT2D eigenvalue weighted by molar-refractivity contribution is 7.99. The molecule has 0 unspecified atom stereocenters. The molecule has 2 N–H and O–H groups in total. The van der Waals surface area contributed by atoms with Crippen LogP contribution in [0.15, 0.2) is 82.6 Å². The molecule has 0 aliphatic carbocycles. The second-order valence-electron chi connectivity index (χ2n) is 8.44. The summed E-state index contributed by atoms with van der Waals surface area (Å²) in [6.07, 6.45) is 3.49. The Balaban J connectivity index is 1.36. The van der Waals surface area contributed by atoms with Crippen molar-refractivity contribution in [2.75, 3.05) is 11.1 Å². The smallest absolute Gasteiger partial charge is 0.251 e. The van der Waals surface area contributed by atoms with Gasteiger partial charge in [-0.25, -0.2) is 4.98 Å². The number of rotatable bonds is 9. The summed E-state index contributed by atoms with van der Waals surface area (Å²) in [5.74, 6) is 1.86. The van der Waals surface area contributed by atoms with Gasteiger partial charge in [0.15, 0.2) is 5.16 Å².